The zero-order valence-electron chi connectivity index (χ0n) is 9.01. The highest BCUT2D eigenvalue weighted by Crippen LogP contribution is 2.23. The van der Waals surface area contributed by atoms with Crippen molar-refractivity contribution in [1.29, 1.82) is 0 Å². The number of thiophene rings is 1. The van der Waals surface area contributed by atoms with E-state index < -0.39 is 0 Å². The first-order chi connectivity index (χ1) is 8.19. The first-order valence-corrected chi connectivity index (χ1v) is 6.43. The molecule has 2 aromatic rings. The molecule has 0 saturated heterocycles. The molecule has 0 aliphatic rings. The quantitative estimate of drug-likeness (QED) is 0.815. The van der Waals surface area contributed by atoms with Crippen molar-refractivity contribution in [1.82, 2.24) is 9.97 Å². The Morgan fingerprint density at radius 2 is 2.29 bits per heavy atom. The maximum atomic E-state index is 11.9. The summed E-state index contributed by atoms with van der Waals surface area (Å²) in [7, 11) is 1.51. The summed E-state index contributed by atoms with van der Waals surface area (Å²) in [6.45, 7) is 0. The van der Waals surface area contributed by atoms with E-state index in [2.05, 4.69) is 25.9 Å². The molecule has 17 heavy (non-hydrogen) atoms. The zero-order chi connectivity index (χ0) is 12.3. The summed E-state index contributed by atoms with van der Waals surface area (Å²) in [5.41, 5.74) is 0.376. The number of Topliss-reactive ketones (excluding diaryl/α,β-unsaturated/α-hetero) is 1. The average molecular weight is 313 g/mol. The van der Waals surface area contributed by atoms with Crippen molar-refractivity contribution in [3.05, 3.63) is 38.9 Å². The van der Waals surface area contributed by atoms with Crippen LogP contribution in [-0.2, 0) is 6.42 Å². The van der Waals surface area contributed by atoms with Crippen LogP contribution in [0.3, 0.4) is 0 Å². The molecule has 2 aromatic heterocycles. The standard InChI is InChI=1S/C11H9BrN2O2S/c1-16-11-5-8(13-6-14-11)9(15)4-7-2-3-10(12)17-7/h2-3,5-6H,4H2,1H3. The normalized spacial score (nSPS) is 10.2. The van der Waals surface area contributed by atoms with Gasteiger partial charge in [0.05, 0.1) is 10.9 Å². The second kappa shape index (κ2) is 5.37. The van der Waals surface area contributed by atoms with Gasteiger partial charge >= 0.3 is 0 Å². The molecule has 0 radical (unpaired) electrons. The van der Waals surface area contributed by atoms with Gasteiger partial charge in [-0.25, -0.2) is 9.97 Å². The molecule has 2 rings (SSSR count). The van der Waals surface area contributed by atoms with E-state index in [-0.39, 0.29) is 5.78 Å². The van der Waals surface area contributed by atoms with Gasteiger partial charge < -0.3 is 4.74 Å². The van der Waals surface area contributed by atoms with Gasteiger partial charge in [0.15, 0.2) is 5.78 Å². The van der Waals surface area contributed by atoms with Gasteiger partial charge in [-0.1, -0.05) is 0 Å². The molecule has 0 bridgehead atoms. The van der Waals surface area contributed by atoms with Crippen LogP contribution < -0.4 is 4.74 Å². The smallest absolute Gasteiger partial charge is 0.216 e. The minimum atomic E-state index is -0.0416. The van der Waals surface area contributed by atoms with Crippen LogP contribution >= 0.6 is 27.3 Å². The Balaban J connectivity index is 2.14. The fraction of sp³-hybridized carbons (Fsp3) is 0.182. The van der Waals surface area contributed by atoms with Crippen LogP contribution in [0.4, 0.5) is 0 Å². The van der Waals surface area contributed by atoms with E-state index in [1.807, 2.05) is 12.1 Å². The van der Waals surface area contributed by atoms with Crippen molar-refractivity contribution in [3.63, 3.8) is 0 Å². The van der Waals surface area contributed by atoms with Gasteiger partial charge in [-0.3, -0.25) is 4.79 Å². The number of rotatable bonds is 4. The largest absolute Gasteiger partial charge is 0.481 e. The third kappa shape index (κ3) is 3.10. The molecule has 4 nitrogen and oxygen atoms in total. The average Bonchev–Trinajstić information content (AvgIpc) is 2.75. The number of hydrogen-bond donors (Lipinski definition) is 0. The van der Waals surface area contributed by atoms with Gasteiger partial charge in [0.2, 0.25) is 5.88 Å². The van der Waals surface area contributed by atoms with Crippen LogP contribution in [-0.4, -0.2) is 22.9 Å². The van der Waals surface area contributed by atoms with Gasteiger partial charge in [0.25, 0.3) is 0 Å². The molecule has 0 spiro atoms. The molecule has 0 aromatic carbocycles. The summed E-state index contributed by atoms with van der Waals surface area (Å²) in [5.74, 6) is 0.357. The van der Waals surface area contributed by atoms with Crippen molar-refractivity contribution in [2.45, 2.75) is 6.42 Å². The van der Waals surface area contributed by atoms with Crippen LogP contribution in [0.2, 0.25) is 0 Å². The second-order valence-electron chi connectivity index (χ2n) is 3.25. The van der Waals surface area contributed by atoms with E-state index in [1.165, 1.54) is 13.4 Å². The molecule has 6 heteroatoms. The Hall–Kier alpha value is -1.27. The molecule has 0 aliphatic heterocycles. The fourth-order valence-corrected chi connectivity index (χ4v) is 2.78. The molecule has 0 unspecified atom stereocenters. The van der Waals surface area contributed by atoms with E-state index in [1.54, 1.807) is 17.4 Å². The molecular weight excluding hydrogens is 304 g/mol. The van der Waals surface area contributed by atoms with Crippen molar-refractivity contribution >= 4 is 33.0 Å². The van der Waals surface area contributed by atoms with E-state index in [0.717, 1.165) is 8.66 Å². The topological polar surface area (TPSA) is 52.1 Å². The number of hydrogen-bond acceptors (Lipinski definition) is 5. The van der Waals surface area contributed by atoms with Crippen molar-refractivity contribution in [3.8, 4) is 5.88 Å². The summed E-state index contributed by atoms with van der Waals surface area (Å²) in [4.78, 5) is 20.7. The molecule has 0 amide bonds. The Kier molecular flexibility index (Phi) is 3.86. The maximum Gasteiger partial charge on any atom is 0.216 e. The second-order valence-corrected chi connectivity index (χ2v) is 5.80. The molecular formula is C11H9BrN2O2S. The van der Waals surface area contributed by atoms with Crippen LogP contribution in [0.5, 0.6) is 5.88 Å². The summed E-state index contributed by atoms with van der Waals surface area (Å²) >= 11 is 4.90. The third-order valence-corrected chi connectivity index (χ3v) is 3.72. The van der Waals surface area contributed by atoms with Crippen LogP contribution in [0.25, 0.3) is 0 Å². The lowest BCUT2D eigenvalue weighted by atomic mass is 10.2. The van der Waals surface area contributed by atoms with Crippen LogP contribution in [0.1, 0.15) is 15.4 Å². The fourth-order valence-electron chi connectivity index (χ4n) is 1.30. The Bertz CT molecular complexity index is 542. The summed E-state index contributed by atoms with van der Waals surface area (Å²) in [6.07, 6.45) is 1.67. The molecule has 0 atom stereocenters. The minimum absolute atomic E-state index is 0.0416. The monoisotopic (exact) mass is 312 g/mol. The predicted octanol–water partition coefficient (Wildman–Crippen LogP) is 2.73. The van der Waals surface area contributed by atoms with E-state index in [4.69, 9.17) is 4.74 Å². The number of ketones is 1. The minimum Gasteiger partial charge on any atom is -0.481 e. The van der Waals surface area contributed by atoms with Gasteiger partial charge in [-0.05, 0) is 28.1 Å². The highest BCUT2D eigenvalue weighted by molar-refractivity contribution is 9.11. The molecule has 2 heterocycles. The number of methoxy groups -OCH3 is 1. The maximum absolute atomic E-state index is 11.9. The highest BCUT2D eigenvalue weighted by atomic mass is 79.9. The van der Waals surface area contributed by atoms with Gasteiger partial charge in [-0.15, -0.1) is 11.3 Å². The Morgan fingerprint density at radius 1 is 1.47 bits per heavy atom. The van der Waals surface area contributed by atoms with Crippen LogP contribution in [0.15, 0.2) is 28.3 Å². The Morgan fingerprint density at radius 3 is 2.94 bits per heavy atom. The number of aromatic nitrogens is 2. The van der Waals surface area contributed by atoms with Gasteiger partial charge in [-0.2, -0.15) is 0 Å². The molecule has 0 N–H and O–H groups in total. The van der Waals surface area contributed by atoms with E-state index >= 15 is 0 Å². The SMILES string of the molecule is COc1cc(C(=O)Cc2ccc(Br)s2)ncn1. The first kappa shape index (κ1) is 12.2. The number of ether oxygens (including phenoxy) is 1. The molecule has 0 aliphatic carbocycles. The van der Waals surface area contributed by atoms with Crippen molar-refractivity contribution in [2.75, 3.05) is 7.11 Å². The summed E-state index contributed by atoms with van der Waals surface area (Å²) < 4.78 is 5.97. The van der Waals surface area contributed by atoms with Crippen molar-refractivity contribution < 1.29 is 9.53 Å². The predicted molar refractivity (Wildman–Crippen MR) is 68.6 cm³/mol. The van der Waals surface area contributed by atoms with E-state index in [9.17, 15) is 4.79 Å². The summed E-state index contributed by atoms with van der Waals surface area (Å²) in [6, 6.07) is 5.39. The van der Waals surface area contributed by atoms with Gasteiger partial charge in [0, 0.05) is 17.4 Å². The van der Waals surface area contributed by atoms with E-state index in [0.29, 0.717) is 18.0 Å². The molecule has 0 fully saturated rings. The number of carbonyl (C=O) groups excluding carboxylic acids is 1. The summed E-state index contributed by atoms with van der Waals surface area (Å²) in [5, 5.41) is 0. The third-order valence-electron chi connectivity index (χ3n) is 2.10. The lowest BCUT2D eigenvalue weighted by molar-refractivity contribution is 0.0988. The Labute approximate surface area is 111 Å². The van der Waals surface area contributed by atoms with Gasteiger partial charge in [0.1, 0.15) is 12.0 Å². The zero-order valence-corrected chi connectivity index (χ0v) is 11.4. The van der Waals surface area contributed by atoms with Crippen LogP contribution in [0, 0.1) is 0 Å². The number of halogens is 1. The van der Waals surface area contributed by atoms with Crippen molar-refractivity contribution in [2.24, 2.45) is 0 Å². The lowest BCUT2D eigenvalue weighted by Crippen LogP contribution is -2.05. The number of nitrogens with zero attached hydrogens (tertiary/aromatic N) is 2. The first-order valence-electron chi connectivity index (χ1n) is 4.82. The lowest BCUT2D eigenvalue weighted by Gasteiger charge is -2.00. The molecule has 0 saturated carbocycles. The highest BCUT2D eigenvalue weighted by Gasteiger charge is 2.11. The number of carbonyl (C=O) groups is 1. The molecule has 88 valence electrons.